The molecule has 1 heterocycles. The Morgan fingerprint density at radius 2 is 2.10 bits per heavy atom. The van der Waals surface area contributed by atoms with Crippen LogP contribution in [-0.4, -0.2) is 61.5 Å². The van der Waals surface area contributed by atoms with Gasteiger partial charge in [0.05, 0.1) is 19.6 Å². The minimum atomic E-state index is -0.730. The normalized spacial score (nSPS) is 18.4. The van der Waals surface area contributed by atoms with Gasteiger partial charge in [-0.25, -0.2) is 0 Å². The molecule has 0 aromatic rings. The van der Waals surface area contributed by atoms with Crippen molar-refractivity contribution in [2.45, 2.75) is 32.4 Å². The third-order valence-electron chi connectivity index (χ3n) is 2.80. The summed E-state index contributed by atoms with van der Waals surface area (Å²) in [4.78, 5) is 36.4. The molecule has 0 aromatic carbocycles. The van der Waals surface area contributed by atoms with Crippen molar-refractivity contribution in [1.29, 1.82) is 0 Å². The van der Waals surface area contributed by atoms with Gasteiger partial charge in [-0.3, -0.25) is 19.3 Å². The highest BCUT2D eigenvalue weighted by Gasteiger charge is 2.40. The molecule has 20 heavy (non-hydrogen) atoms. The van der Waals surface area contributed by atoms with Crippen molar-refractivity contribution in [2.75, 3.05) is 26.8 Å². The van der Waals surface area contributed by atoms with Crippen molar-refractivity contribution < 1.29 is 19.1 Å². The summed E-state index contributed by atoms with van der Waals surface area (Å²) >= 11 is 0. The Balaban J connectivity index is 0.00000361. The monoisotopic (exact) mass is 307 g/mol. The maximum Gasteiger partial charge on any atom is 0.252 e. The van der Waals surface area contributed by atoms with E-state index in [4.69, 9.17) is 4.74 Å². The van der Waals surface area contributed by atoms with Gasteiger partial charge in [0.1, 0.15) is 6.04 Å². The third kappa shape index (κ3) is 5.07. The summed E-state index contributed by atoms with van der Waals surface area (Å²) in [5, 5.41) is 5.44. The Bertz CT molecular complexity index is 363. The molecule has 2 N–H and O–H groups in total. The molecule has 1 atom stereocenters. The van der Waals surface area contributed by atoms with E-state index in [2.05, 4.69) is 10.6 Å². The number of amides is 3. The van der Waals surface area contributed by atoms with Gasteiger partial charge in [-0.05, 0) is 13.8 Å². The first-order valence-corrected chi connectivity index (χ1v) is 6.32. The van der Waals surface area contributed by atoms with E-state index in [1.54, 1.807) is 21.0 Å². The Kier molecular flexibility index (Phi) is 8.36. The molecule has 8 heteroatoms. The highest BCUT2D eigenvalue weighted by atomic mass is 35.5. The summed E-state index contributed by atoms with van der Waals surface area (Å²) in [6.45, 7) is 4.70. The highest BCUT2D eigenvalue weighted by molar-refractivity contribution is 6.07. The molecule has 0 aromatic heterocycles. The maximum atomic E-state index is 11.9. The molecule has 1 saturated heterocycles. The van der Waals surface area contributed by atoms with Crippen molar-refractivity contribution in [3.8, 4) is 0 Å². The number of carbonyl (C=O) groups excluding carboxylic acids is 3. The molecule has 3 amide bonds. The van der Waals surface area contributed by atoms with E-state index in [-0.39, 0.29) is 49.1 Å². The number of nitrogens with one attached hydrogen (secondary N) is 2. The minimum absolute atomic E-state index is 0. The Morgan fingerprint density at radius 1 is 1.45 bits per heavy atom. The van der Waals surface area contributed by atoms with Gasteiger partial charge in [0.15, 0.2) is 0 Å². The quantitative estimate of drug-likeness (QED) is 0.479. The summed E-state index contributed by atoms with van der Waals surface area (Å²) in [6, 6.07) is -0.909. The van der Waals surface area contributed by atoms with E-state index in [1.807, 2.05) is 0 Å². The van der Waals surface area contributed by atoms with E-state index in [1.165, 1.54) is 4.90 Å². The first-order chi connectivity index (χ1) is 8.97. The minimum Gasteiger partial charge on any atom is -0.383 e. The number of ether oxygens (including phenoxy) is 1. The van der Waals surface area contributed by atoms with Crippen molar-refractivity contribution in [3.05, 3.63) is 0 Å². The van der Waals surface area contributed by atoms with E-state index < -0.39 is 6.04 Å². The molecule has 1 aliphatic rings. The van der Waals surface area contributed by atoms with Gasteiger partial charge in [-0.2, -0.15) is 0 Å². The van der Waals surface area contributed by atoms with E-state index in [0.717, 1.165) is 0 Å². The van der Waals surface area contributed by atoms with Crippen LogP contribution in [0.3, 0.4) is 0 Å². The van der Waals surface area contributed by atoms with Gasteiger partial charge >= 0.3 is 0 Å². The van der Waals surface area contributed by atoms with Crippen LogP contribution in [0.4, 0.5) is 0 Å². The van der Waals surface area contributed by atoms with Crippen LogP contribution in [0.25, 0.3) is 0 Å². The molecule has 1 rings (SSSR count). The number of rotatable bonds is 7. The second-order valence-electron chi connectivity index (χ2n) is 4.69. The second kappa shape index (κ2) is 8.89. The number of nitrogens with zero attached hydrogens (tertiary/aromatic N) is 1. The van der Waals surface area contributed by atoms with Crippen LogP contribution in [-0.2, 0) is 19.1 Å². The van der Waals surface area contributed by atoms with Crippen LogP contribution < -0.4 is 10.6 Å². The lowest BCUT2D eigenvalue weighted by Gasteiger charge is -2.19. The van der Waals surface area contributed by atoms with Crippen molar-refractivity contribution in [1.82, 2.24) is 15.5 Å². The molecule has 0 aliphatic carbocycles. The van der Waals surface area contributed by atoms with Crippen LogP contribution >= 0.6 is 12.4 Å². The highest BCUT2D eigenvalue weighted by Crippen LogP contribution is 2.15. The zero-order valence-corrected chi connectivity index (χ0v) is 12.8. The molecular formula is C12H22ClN3O4. The number of carbonyl (C=O) groups is 3. The molecule has 0 bridgehead atoms. The zero-order valence-electron chi connectivity index (χ0n) is 12.0. The Labute approximate surface area is 124 Å². The van der Waals surface area contributed by atoms with Crippen LogP contribution in [0, 0.1) is 0 Å². The molecule has 0 radical (unpaired) electrons. The van der Waals surface area contributed by atoms with E-state index >= 15 is 0 Å². The summed E-state index contributed by atoms with van der Waals surface area (Å²) in [7, 11) is 1.57. The Morgan fingerprint density at radius 3 is 2.60 bits per heavy atom. The van der Waals surface area contributed by atoms with Crippen molar-refractivity contribution >= 4 is 30.1 Å². The molecule has 0 spiro atoms. The largest absolute Gasteiger partial charge is 0.383 e. The van der Waals surface area contributed by atoms with E-state index in [9.17, 15) is 14.4 Å². The lowest BCUT2D eigenvalue weighted by Crippen LogP contribution is -2.46. The molecule has 1 unspecified atom stereocenters. The fraction of sp³-hybridized carbons (Fsp3) is 0.750. The second-order valence-corrected chi connectivity index (χ2v) is 4.69. The summed E-state index contributed by atoms with van der Waals surface area (Å²) in [5.74, 6) is -0.865. The topological polar surface area (TPSA) is 87.7 Å². The van der Waals surface area contributed by atoms with Crippen LogP contribution in [0.2, 0.25) is 0 Å². The van der Waals surface area contributed by atoms with Crippen LogP contribution in [0.5, 0.6) is 0 Å². The molecule has 0 saturated carbocycles. The lowest BCUT2D eigenvalue weighted by atomic mass is 10.2. The summed E-state index contributed by atoms with van der Waals surface area (Å²) in [5.41, 5.74) is 0. The van der Waals surface area contributed by atoms with Gasteiger partial charge in [-0.15, -0.1) is 12.4 Å². The van der Waals surface area contributed by atoms with E-state index in [0.29, 0.717) is 13.2 Å². The molecule has 7 nitrogen and oxygen atoms in total. The molecule has 1 aliphatic heterocycles. The van der Waals surface area contributed by atoms with Gasteiger partial charge < -0.3 is 15.4 Å². The number of imide groups is 1. The fourth-order valence-electron chi connectivity index (χ4n) is 1.93. The number of hydrogen-bond donors (Lipinski definition) is 2. The number of methoxy groups -OCH3 is 1. The molecule has 116 valence electrons. The summed E-state index contributed by atoms with van der Waals surface area (Å²) in [6.07, 6.45) is 0.0425. The molecular weight excluding hydrogens is 286 g/mol. The SMILES string of the molecule is COCCNCC(=O)NC1CC(=O)N(C(C)C)C1=O.Cl. The average Bonchev–Trinajstić information content (AvgIpc) is 2.60. The van der Waals surface area contributed by atoms with Gasteiger partial charge in [0.2, 0.25) is 11.8 Å². The zero-order chi connectivity index (χ0) is 14.4. The molecule has 1 fully saturated rings. The van der Waals surface area contributed by atoms with Crippen molar-refractivity contribution in [2.24, 2.45) is 0 Å². The number of halogens is 1. The third-order valence-corrected chi connectivity index (χ3v) is 2.80. The Hall–Kier alpha value is -1.18. The van der Waals surface area contributed by atoms with Gasteiger partial charge in [-0.1, -0.05) is 0 Å². The first kappa shape index (κ1) is 18.8. The van der Waals surface area contributed by atoms with Gasteiger partial charge in [0, 0.05) is 19.7 Å². The standard InChI is InChI=1S/C12H21N3O4.ClH/c1-8(2)15-11(17)6-9(12(15)18)14-10(16)7-13-4-5-19-3;/h8-9,13H,4-7H2,1-3H3,(H,14,16);1H. The summed E-state index contributed by atoms with van der Waals surface area (Å²) < 4.78 is 4.83. The average molecular weight is 308 g/mol. The number of likely N-dealkylation sites (tertiary alicyclic amines) is 1. The smallest absolute Gasteiger partial charge is 0.252 e. The first-order valence-electron chi connectivity index (χ1n) is 6.32. The fourth-order valence-corrected chi connectivity index (χ4v) is 1.93. The predicted molar refractivity (Wildman–Crippen MR) is 75.5 cm³/mol. The van der Waals surface area contributed by atoms with Crippen LogP contribution in [0.15, 0.2) is 0 Å². The number of hydrogen-bond acceptors (Lipinski definition) is 5. The van der Waals surface area contributed by atoms with Crippen molar-refractivity contribution in [3.63, 3.8) is 0 Å². The van der Waals surface area contributed by atoms with Crippen LogP contribution in [0.1, 0.15) is 20.3 Å². The van der Waals surface area contributed by atoms with Gasteiger partial charge in [0.25, 0.3) is 5.91 Å². The predicted octanol–water partition coefficient (Wildman–Crippen LogP) is -0.704. The lowest BCUT2D eigenvalue weighted by molar-refractivity contribution is -0.141. The maximum absolute atomic E-state index is 11.9.